The van der Waals surface area contributed by atoms with Crippen LogP contribution in [0.2, 0.25) is 0 Å². The van der Waals surface area contributed by atoms with E-state index in [0.29, 0.717) is 13.0 Å². The fraction of sp³-hybridized carbons (Fsp3) is 0.500. The van der Waals surface area contributed by atoms with E-state index in [2.05, 4.69) is 12.2 Å². The van der Waals surface area contributed by atoms with Gasteiger partial charge in [0.1, 0.15) is 5.75 Å². The fourth-order valence-electron chi connectivity index (χ4n) is 2.85. The first-order valence-corrected chi connectivity index (χ1v) is 7.22. The van der Waals surface area contributed by atoms with Crippen molar-refractivity contribution in [2.24, 2.45) is 5.92 Å². The van der Waals surface area contributed by atoms with Crippen LogP contribution in [0, 0.1) is 5.92 Å². The lowest BCUT2D eigenvalue weighted by molar-refractivity contribution is -0.137. The normalized spacial score (nSPS) is 22.5. The molecule has 1 aliphatic heterocycles. The molecule has 1 saturated heterocycles. The maximum atomic E-state index is 12.1. The zero-order valence-corrected chi connectivity index (χ0v) is 12.0. The molecule has 0 saturated carbocycles. The van der Waals surface area contributed by atoms with Gasteiger partial charge >= 0.3 is 0 Å². The molecule has 1 aromatic carbocycles. The minimum Gasteiger partial charge on any atom is -0.494 e. The summed E-state index contributed by atoms with van der Waals surface area (Å²) in [6.45, 7) is 4.55. The summed E-state index contributed by atoms with van der Waals surface area (Å²) in [5.74, 6) is 0.194. The van der Waals surface area contributed by atoms with Crippen LogP contribution in [0.1, 0.15) is 44.6 Å². The summed E-state index contributed by atoms with van der Waals surface area (Å²) in [6, 6.07) is 7.70. The Labute approximate surface area is 119 Å². The van der Waals surface area contributed by atoms with Gasteiger partial charge in [0, 0.05) is 18.3 Å². The van der Waals surface area contributed by atoms with Crippen LogP contribution in [0.3, 0.4) is 0 Å². The van der Waals surface area contributed by atoms with E-state index in [4.69, 9.17) is 4.74 Å². The highest BCUT2D eigenvalue weighted by Gasteiger charge is 2.37. The van der Waals surface area contributed by atoms with Crippen LogP contribution >= 0.6 is 0 Å². The van der Waals surface area contributed by atoms with Crippen molar-refractivity contribution in [1.82, 2.24) is 5.32 Å². The summed E-state index contributed by atoms with van der Waals surface area (Å²) in [5, 5.41) is 2.45. The summed E-state index contributed by atoms with van der Waals surface area (Å²) in [4.78, 5) is 23.8. The summed E-state index contributed by atoms with van der Waals surface area (Å²) >= 11 is 0. The Kier molecular flexibility index (Phi) is 4.77. The molecule has 1 N–H and O–H groups in total. The van der Waals surface area contributed by atoms with Crippen molar-refractivity contribution in [2.45, 2.75) is 39.0 Å². The highest BCUT2D eigenvalue weighted by Crippen LogP contribution is 2.38. The first-order valence-electron chi connectivity index (χ1n) is 7.22. The molecule has 0 aliphatic carbocycles. The second-order valence-corrected chi connectivity index (χ2v) is 5.09. The zero-order valence-electron chi connectivity index (χ0n) is 12.0. The predicted molar refractivity (Wildman–Crippen MR) is 76.5 cm³/mol. The SMILES string of the molecule is CCCC1C(=O)NC(=O)CC1c1ccccc1OCC. The van der Waals surface area contributed by atoms with Crippen LogP contribution in [0.5, 0.6) is 5.75 Å². The molecule has 2 unspecified atom stereocenters. The van der Waals surface area contributed by atoms with Crippen molar-refractivity contribution < 1.29 is 14.3 Å². The van der Waals surface area contributed by atoms with Gasteiger partial charge in [-0.05, 0) is 25.0 Å². The lowest BCUT2D eigenvalue weighted by Crippen LogP contribution is -2.44. The van der Waals surface area contributed by atoms with Gasteiger partial charge in [0.2, 0.25) is 11.8 Å². The molecule has 2 rings (SSSR count). The molecule has 1 fully saturated rings. The van der Waals surface area contributed by atoms with Crippen LogP contribution in [-0.4, -0.2) is 18.4 Å². The lowest BCUT2D eigenvalue weighted by atomic mass is 9.78. The third-order valence-corrected chi connectivity index (χ3v) is 3.71. The van der Waals surface area contributed by atoms with E-state index in [1.54, 1.807) is 0 Å². The molecule has 4 nitrogen and oxygen atoms in total. The van der Waals surface area contributed by atoms with E-state index in [9.17, 15) is 9.59 Å². The second kappa shape index (κ2) is 6.55. The van der Waals surface area contributed by atoms with E-state index >= 15 is 0 Å². The quantitative estimate of drug-likeness (QED) is 0.840. The van der Waals surface area contributed by atoms with Gasteiger partial charge in [-0.15, -0.1) is 0 Å². The summed E-state index contributed by atoms with van der Waals surface area (Å²) < 4.78 is 5.64. The van der Waals surface area contributed by atoms with E-state index in [-0.39, 0.29) is 23.7 Å². The number of hydrogen-bond acceptors (Lipinski definition) is 3. The molecule has 4 heteroatoms. The van der Waals surface area contributed by atoms with E-state index in [0.717, 1.165) is 24.2 Å². The second-order valence-electron chi connectivity index (χ2n) is 5.09. The molecular weight excluding hydrogens is 254 g/mol. The Morgan fingerprint density at radius 3 is 2.70 bits per heavy atom. The number of benzene rings is 1. The number of imide groups is 1. The van der Waals surface area contributed by atoms with Gasteiger partial charge in [-0.25, -0.2) is 0 Å². The Bertz CT molecular complexity index is 498. The lowest BCUT2D eigenvalue weighted by Gasteiger charge is -2.31. The molecule has 2 amide bonds. The molecule has 0 radical (unpaired) electrons. The number of rotatable bonds is 5. The van der Waals surface area contributed by atoms with Crippen molar-refractivity contribution in [2.75, 3.05) is 6.61 Å². The maximum absolute atomic E-state index is 12.1. The van der Waals surface area contributed by atoms with Crippen molar-refractivity contribution in [3.05, 3.63) is 29.8 Å². The third-order valence-electron chi connectivity index (χ3n) is 3.71. The number of para-hydroxylation sites is 1. The van der Waals surface area contributed by atoms with Crippen molar-refractivity contribution in [1.29, 1.82) is 0 Å². The highest BCUT2D eigenvalue weighted by molar-refractivity contribution is 6.00. The minimum atomic E-state index is -0.196. The highest BCUT2D eigenvalue weighted by atomic mass is 16.5. The molecule has 2 atom stereocenters. The smallest absolute Gasteiger partial charge is 0.230 e. The van der Waals surface area contributed by atoms with Crippen molar-refractivity contribution in [3.8, 4) is 5.75 Å². The van der Waals surface area contributed by atoms with Crippen LogP contribution in [-0.2, 0) is 9.59 Å². The molecule has 1 heterocycles. The van der Waals surface area contributed by atoms with E-state index < -0.39 is 0 Å². The Morgan fingerprint density at radius 2 is 2.00 bits per heavy atom. The third kappa shape index (κ3) is 3.00. The van der Waals surface area contributed by atoms with E-state index in [1.807, 2.05) is 31.2 Å². The first-order chi connectivity index (χ1) is 9.67. The standard InChI is InChI=1S/C16H21NO3/c1-3-7-12-13(10-15(18)17-16(12)19)11-8-5-6-9-14(11)20-4-2/h5-6,8-9,12-13H,3-4,7,10H2,1-2H3,(H,17,18,19). The van der Waals surface area contributed by atoms with Gasteiger partial charge in [-0.2, -0.15) is 0 Å². The predicted octanol–water partition coefficient (Wildman–Crippen LogP) is 2.63. The number of hydrogen-bond donors (Lipinski definition) is 1. The van der Waals surface area contributed by atoms with Gasteiger partial charge in [0.15, 0.2) is 0 Å². The number of carbonyl (C=O) groups is 2. The molecule has 1 aromatic rings. The molecule has 20 heavy (non-hydrogen) atoms. The average Bonchev–Trinajstić information content (AvgIpc) is 2.43. The summed E-state index contributed by atoms with van der Waals surface area (Å²) in [6.07, 6.45) is 2.05. The van der Waals surface area contributed by atoms with Crippen LogP contribution in [0.25, 0.3) is 0 Å². The number of nitrogens with one attached hydrogen (secondary N) is 1. The Balaban J connectivity index is 2.36. The maximum Gasteiger partial charge on any atom is 0.230 e. The molecule has 0 spiro atoms. The van der Waals surface area contributed by atoms with E-state index in [1.165, 1.54) is 0 Å². The van der Waals surface area contributed by atoms with Crippen LogP contribution < -0.4 is 10.1 Å². The summed E-state index contributed by atoms with van der Waals surface area (Å²) in [7, 11) is 0. The molecule has 0 bridgehead atoms. The molecule has 1 aliphatic rings. The van der Waals surface area contributed by atoms with Crippen molar-refractivity contribution in [3.63, 3.8) is 0 Å². The molecule has 0 aromatic heterocycles. The monoisotopic (exact) mass is 275 g/mol. The van der Waals surface area contributed by atoms with Crippen LogP contribution in [0.4, 0.5) is 0 Å². The zero-order chi connectivity index (χ0) is 14.5. The van der Waals surface area contributed by atoms with Crippen molar-refractivity contribution >= 4 is 11.8 Å². The fourth-order valence-corrected chi connectivity index (χ4v) is 2.85. The Hall–Kier alpha value is -1.84. The van der Waals surface area contributed by atoms with Gasteiger partial charge in [-0.3, -0.25) is 14.9 Å². The molecule has 108 valence electrons. The topological polar surface area (TPSA) is 55.4 Å². The number of piperidine rings is 1. The summed E-state index contributed by atoms with van der Waals surface area (Å²) in [5.41, 5.74) is 0.969. The van der Waals surface area contributed by atoms with Crippen LogP contribution in [0.15, 0.2) is 24.3 Å². The Morgan fingerprint density at radius 1 is 1.25 bits per heavy atom. The molecular formula is C16H21NO3. The number of carbonyl (C=O) groups excluding carboxylic acids is 2. The van der Waals surface area contributed by atoms with Gasteiger partial charge in [0.05, 0.1) is 6.61 Å². The van der Waals surface area contributed by atoms with Gasteiger partial charge in [0.25, 0.3) is 0 Å². The number of ether oxygens (including phenoxy) is 1. The largest absolute Gasteiger partial charge is 0.494 e. The van der Waals surface area contributed by atoms with Gasteiger partial charge < -0.3 is 4.74 Å². The minimum absolute atomic E-state index is 0.0843. The number of amides is 2. The average molecular weight is 275 g/mol. The first kappa shape index (κ1) is 14.6. The van der Waals surface area contributed by atoms with Gasteiger partial charge in [-0.1, -0.05) is 31.5 Å².